The summed E-state index contributed by atoms with van der Waals surface area (Å²) in [5, 5.41) is 18.9. The van der Waals surface area contributed by atoms with E-state index in [0.717, 1.165) is 0 Å². The van der Waals surface area contributed by atoms with E-state index in [2.05, 4.69) is 25.4 Å². The molecule has 0 bridgehead atoms. The number of nitrogens with zero attached hydrogens (tertiary/aromatic N) is 4. The highest BCUT2D eigenvalue weighted by molar-refractivity contribution is 5.96. The van der Waals surface area contributed by atoms with Crippen LogP contribution in [0.1, 0.15) is 23.7 Å². The molecule has 29 heavy (non-hydrogen) atoms. The highest BCUT2D eigenvalue weighted by Crippen LogP contribution is 2.30. The predicted molar refractivity (Wildman–Crippen MR) is 101 cm³/mol. The van der Waals surface area contributed by atoms with Gasteiger partial charge in [-0.05, 0) is 31.5 Å². The first-order valence-corrected chi connectivity index (χ1v) is 9.08. The van der Waals surface area contributed by atoms with Crippen LogP contribution in [-0.2, 0) is 4.79 Å². The first-order valence-electron chi connectivity index (χ1n) is 9.08. The SMILES string of the molecule is CCOc1cc(C(=O)N2CCC(C(=O)O)C2)ccc1-c1nc2[nH]nnc2c(=O)[nH]1. The molecule has 1 amide bonds. The van der Waals surface area contributed by atoms with E-state index in [9.17, 15) is 14.4 Å². The van der Waals surface area contributed by atoms with Crippen molar-refractivity contribution in [2.24, 2.45) is 5.92 Å². The molecular formula is C18H18N6O5. The fourth-order valence-electron chi connectivity index (χ4n) is 3.34. The van der Waals surface area contributed by atoms with E-state index in [-0.39, 0.29) is 29.4 Å². The number of benzene rings is 1. The van der Waals surface area contributed by atoms with E-state index in [1.54, 1.807) is 25.1 Å². The number of hydrogen-bond acceptors (Lipinski definition) is 7. The number of carbonyl (C=O) groups is 2. The zero-order chi connectivity index (χ0) is 20.5. The van der Waals surface area contributed by atoms with Gasteiger partial charge >= 0.3 is 5.97 Å². The van der Waals surface area contributed by atoms with Gasteiger partial charge < -0.3 is 19.7 Å². The maximum absolute atomic E-state index is 12.8. The zero-order valence-corrected chi connectivity index (χ0v) is 15.5. The van der Waals surface area contributed by atoms with Gasteiger partial charge in [0.1, 0.15) is 11.6 Å². The van der Waals surface area contributed by atoms with E-state index in [1.165, 1.54) is 4.90 Å². The smallest absolute Gasteiger partial charge is 0.308 e. The number of nitrogens with one attached hydrogen (secondary N) is 2. The van der Waals surface area contributed by atoms with Crippen LogP contribution in [0.4, 0.5) is 0 Å². The van der Waals surface area contributed by atoms with Gasteiger partial charge in [-0.1, -0.05) is 5.21 Å². The summed E-state index contributed by atoms with van der Waals surface area (Å²) in [4.78, 5) is 44.6. The maximum atomic E-state index is 12.8. The molecule has 3 aromatic rings. The van der Waals surface area contributed by atoms with E-state index in [1.807, 2.05) is 0 Å². The largest absolute Gasteiger partial charge is 0.493 e. The van der Waals surface area contributed by atoms with Crippen molar-refractivity contribution in [3.05, 3.63) is 34.1 Å². The molecule has 1 aromatic carbocycles. The fraction of sp³-hybridized carbons (Fsp3) is 0.333. The number of likely N-dealkylation sites (tertiary alicyclic amines) is 1. The van der Waals surface area contributed by atoms with Crippen molar-refractivity contribution < 1.29 is 19.4 Å². The minimum atomic E-state index is -0.899. The number of amides is 1. The summed E-state index contributed by atoms with van der Waals surface area (Å²) in [6, 6.07) is 4.81. The van der Waals surface area contributed by atoms with Crippen LogP contribution in [0.5, 0.6) is 5.75 Å². The minimum absolute atomic E-state index is 0.0977. The van der Waals surface area contributed by atoms with E-state index >= 15 is 0 Å². The Morgan fingerprint density at radius 2 is 2.21 bits per heavy atom. The predicted octanol–water partition coefficient (Wildman–Crippen LogP) is 0.654. The van der Waals surface area contributed by atoms with E-state index < -0.39 is 17.4 Å². The number of rotatable bonds is 5. The van der Waals surface area contributed by atoms with Gasteiger partial charge in [0.05, 0.1) is 18.1 Å². The number of carboxylic acids is 1. The monoisotopic (exact) mass is 398 g/mol. The number of aromatic nitrogens is 5. The first-order chi connectivity index (χ1) is 14.0. The molecule has 0 spiro atoms. The molecule has 1 saturated heterocycles. The van der Waals surface area contributed by atoms with Gasteiger partial charge in [-0.25, -0.2) is 10.1 Å². The van der Waals surface area contributed by atoms with Crippen LogP contribution in [0.25, 0.3) is 22.6 Å². The molecular weight excluding hydrogens is 380 g/mol. The van der Waals surface area contributed by atoms with Crippen LogP contribution in [0.2, 0.25) is 0 Å². The molecule has 0 radical (unpaired) electrons. The van der Waals surface area contributed by atoms with Crippen LogP contribution in [0.15, 0.2) is 23.0 Å². The topological polar surface area (TPSA) is 154 Å². The summed E-state index contributed by atoms with van der Waals surface area (Å²) in [6.45, 7) is 2.71. The van der Waals surface area contributed by atoms with Crippen LogP contribution >= 0.6 is 0 Å². The Kier molecular flexibility index (Phi) is 4.71. The standard InChI is InChI=1S/C18H18N6O5/c1-2-29-12-7-9(17(26)24-6-5-10(8-24)18(27)28)3-4-11(12)14-19-15-13(16(25)20-14)21-23-22-15/h3-4,7,10H,2,5-6,8H2,1H3,(H,27,28)(H2,19,20,21,22,23,25). The summed E-state index contributed by atoms with van der Waals surface area (Å²) in [5.41, 5.74) is 0.762. The number of aromatic amines is 2. The summed E-state index contributed by atoms with van der Waals surface area (Å²) in [7, 11) is 0. The summed E-state index contributed by atoms with van der Waals surface area (Å²) in [6.07, 6.45) is 0.431. The number of carbonyl (C=O) groups excluding carboxylic acids is 1. The van der Waals surface area contributed by atoms with Gasteiger partial charge in [0, 0.05) is 18.7 Å². The Hall–Kier alpha value is -3.76. The average molecular weight is 398 g/mol. The lowest BCUT2D eigenvalue weighted by Crippen LogP contribution is -2.30. The second-order valence-electron chi connectivity index (χ2n) is 6.64. The number of aliphatic carboxylic acids is 1. The third-order valence-corrected chi connectivity index (χ3v) is 4.81. The van der Waals surface area contributed by atoms with Gasteiger partial charge in [-0.2, -0.15) is 0 Å². The normalized spacial score (nSPS) is 16.3. The molecule has 150 valence electrons. The molecule has 0 saturated carbocycles. The number of fused-ring (bicyclic) bond motifs is 1. The van der Waals surface area contributed by atoms with Crippen molar-refractivity contribution in [2.75, 3.05) is 19.7 Å². The second kappa shape index (κ2) is 7.34. The first kappa shape index (κ1) is 18.6. The molecule has 1 atom stereocenters. The lowest BCUT2D eigenvalue weighted by atomic mass is 10.1. The van der Waals surface area contributed by atoms with Crippen LogP contribution in [-0.4, -0.2) is 67.0 Å². The van der Waals surface area contributed by atoms with Crippen molar-refractivity contribution >= 4 is 23.0 Å². The Morgan fingerprint density at radius 1 is 1.38 bits per heavy atom. The van der Waals surface area contributed by atoms with Crippen molar-refractivity contribution in [3.63, 3.8) is 0 Å². The van der Waals surface area contributed by atoms with Gasteiger partial charge in [-0.3, -0.25) is 14.4 Å². The van der Waals surface area contributed by atoms with Crippen molar-refractivity contribution in [1.82, 2.24) is 30.3 Å². The number of H-pyrrole nitrogens is 2. The molecule has 2 aromatic heterocycles. The van der Waals surface area contributed by atoms with Gasteiger partial charge in [0.25, 0.3) is 11.5 Å². The molecule has 3 heterocycles. The molecule has 11 heteroatoms. The summed E-state index contributed by atoms with van der Waals surface area (Å²) >= 11 is 0. The molecule has 1 fully saturated rings. The third kappa shape index (κ3) is 3.42. The van der Waals surface area contributed by atoms with Crippen molar-refractivity contribution in [2.45, 2.75) is 13.3 Å². The van der Waals surface area contributed by atoms with Gasteiger partial charge in [0.15, 0.2) is 11.2 Å². The van der Waals surface area contributed by atoms with Crippen LogP contribution in [0, 0.1) is 5.92 Å². The quantitative estimate of drug-likeness (QED) is 0.566. The third-order valence-electron chi connectivity index (χ3n) is 4.81. The van der Waals surface area contributed by atoms with Crippen molar-refractivity contribution in [3.8, 4) is 17.1 Å². The number of hydrogen-bond donors (Lipinski definition) is 3. The summed E-state index contributed by atoms with van der Waals surface area (Å²) < 4.78 is 5.67. The maximum Gasteiger partial charge on any atom is 0.308 e. The minimum Gasteiger partial charge on any atom is -0.493 e. The van der Waals surface area contributed by atoms with E-state index in [0.29, 0.717) is 36.4 Å². The molecule has 0 aliphatic carbocycles. The van der Waals surface area contributed by atoms with Gasteiger partial charge in [0.2, 0.25) is 0 Å². The van der Waals surface area contributed by atoms with Crippen LogP contribution < -0.4 is 10.3 Å². The number of ether oxygens (including phenoxy) is 1. The highest BCUT2D eigenvalue weighted by atomic mass is 16.5. The molecule has 1 aliphatic heterocycles. The zero-order valence-electron chi connectivity index (χ0n) is 15.5. The Morgan fingerprint density at radius 3 is 2.93 bits per heavy atom. The highest BCUT2D eigenvalue weighted by Gasteiger charge is 2.31. The molecule has 1 unspecified atom stereocenters. The molecule has 11 nitrogen and oxygen atoms in total. The van der Waals surface area contributed by atoms with Crippen LogP contribution in [0.3, 0.4) is 0 Å². The Labute approximate surface area is 163 Å². The second-order valence-corrected chi connectivity index (χ2v) is 6.64. The Balaban J connectivity index is 1.69. The molecule has 1 aliphatic rings. The van der Waals surface area contributed by atoms with E-state index in [4.69, 9.17) is 9.84 Å². The molecule has 3 N–H and O–H groups in total. The Bertz CT molecular complexity index is 1150. The summed E-state index contributed by atoms with van der Waals surface area (Å²) in [5.74, 6) is -1.08. The fourth-order valence-corrected chi connectivity index (χ4v) is 3.34. The average Bonchev–Trinajstić information content (AvgIpc) is 3.37. The molecule has 4 rings (SSSR count). The van der Waals surface area contributed by atoms with Gasteiger partial charge in [-0.15, -0.1) is 5.10 Å². The lowest BCUT2D eigenvalue weighted by molar-refractivity contribution is -0.141. The van der Waals surface area contributed by atoms with Crippen molar-refractivity contribution in [1.29, 1.82) is 0 Å². The lowest BCUT2D eigenvalue weighted by Gasteiger charge is -2.17. The number of carboxylic acid groups (broad SMARTS) is 1.